The lowest BCUT2D eigenvalue weighted by molar-refractivity contribution is -0.134. The molecule has 1 saturated heterocycles. The molecule has 28 heavy (non-hydrogen) atoms. The molecular formula is C23H34N2O3. The summed E-state index contributed by atoms with van der Waals surface area (Å²) in [7, 11) is 0. The van der Waals surface area contributed by atoms with Crippen LogP contribution < -0.4 is 5.48 Å². The van der Waals surface area contributed by atoms with Gasteiger partial charge in [0.1, 0.15) is 5.78 Å². The van der Waals surface area contributed by atoms with Gasteiger partial charge >= 0.3 is 0 Å². The van der Waals surface area contributed by atoms with Gasteiger partial charge in [0.2, 0.25) is 5.91 Å². The van der Waals surface area contributed by atoms with Gasteiger partial charge in [-0.3, -0.25) is 14.8 Å². The number of Topliss-reactive ketones (excluding diaryl/α,β-unsaturated/α-hetero) is 1. The molecule has 5 nitrogen and oxygen atoms in total. The number of rotatable bonds is 5. The lowest BCUT2D eigenvalue weighted by Crippen LogP contribution is -2.46. The van der Waals surface area contributed by atoms with Crippen LogP contribution in [-0.2, 0) is 22.4 Å². The van der Waals surface area contributed by atoms with Crippen LogP contribution >= 0.6 is 0 Å². The van der Waals surface area contributed by atoms with E-state index in [1.54, 1.807) is 5.48 Å². The van der Waals surface area contributed by atoms with Gasteiger partial charge in [-0.15, -0.1) is 0 Å². The SMILES string of the molecule is CC(C(=O)C1(C)CCN(C(C)C)CC1)c1ccc2c(c1)CC(C(=O)NO)CC2. The first kappa shape index (κ1) is 21.0. The Labute approximate surface area is 168 Å². The van der Waals surface area contributed by atoms with Gasteiger partial charge in [0.05, 0.1) is 0 Å². The summed E-state index contributed by atoms with van der Waals surface area (Å²) in [5.41, 5.74) is 4.95. The van der Waals surface area contributed by atoms with E-state index in [0.29, 0.717) is 18.2 Å². The number of benzene rings is 1. The normalized spacial score (nSPS) is 23.1. The van der Waals surface area contributed by atoms with E-state index in [4.69, 9.17) is 5.21 Å². The predicted molar refractivity (Wildman–Crippen MR) is 109 cm³/mol. The third kappa shape index (κ3) is 4.15. The second-order valence-corrected chi connectivity index (χ2v) is 9.22. The van der Waals surface area contributed by atoms with Crippen LogP contribution in [0.5, 0.6) is 0 Å². The Kier molecular flexibility index (Phi) is 6.25. The molecule has 1 aromatic rings. The van der Waals surface area contributed by atoms with E-state index in [0.717, 1.165) is 49.9 Å². The van der Waals surface area contributed by atoms with Crippen molar-refractivity contribution in [3.63, 3.8) is 0 Å². The number of amides is 1. The minimum Gasteiger partial charge on any atom is -0.301 e. The summed E-state index contributed by atoms with van der Waals surface area (Å²) in [5.74, 6) is -0.328. The maximum Gasteiger partial charge on any atom is 0.246 e. The number of carbonyl (C=O) groups excluding carboxylic acids is 2. The highest BCUT2D eigenvalue weighted by atomic mass is 16.5. The first-order chi connectivity index (χ1) is 13.2. The predicted octanol–water partition coefficient (Wildman–Crippen LogP) is 3.48. The number of ketones is 1. The highest BCUT2D eigenvalue weighted by molar-refractivity contribution is 5.90. The van der Waals surface area contributed by atoms with Crippen molar-refractivity contribution in [2.45, 2.75) is 71.8 Å². The van der Waals surface area contributed by atoms with Gasteiger partial charge in [-0.2, -0.15) is 0 Å². The summed E-state index contributed by atoms with van der Waals surface area (Å²) in [5, 5.41) is 8.93. The quantitative estimate of drug-likeness (QED) is 0.600. The van der Waals surface area contributed by atoms with Crippen LogP contribution in [-0.4, -0.2) is 40.9 Å². The Morgan fingerprint density at radius 2 is 1.86 bits per heavy atom. The Morgan fingerprint density at radius 1 is 1.18 bits per heavy atom. The lowest BCUT2D eigenvalue weighted by Gasteiger charge is -2.41. The summed E-state index contributed by atoms with van der Waals surface area (Å²) < 4.78 is 0. The summed E-state index contributed by atoms with van der Waals surface area (Å²) in [6.45, 7) is 10.5. The molecule has 0 aromatic heterocycles. The van der Waals surface area contributed by atoms with Crippen LogP contribution in [0.4, 0.5) is 0 Å². The monoisotopic (exact) mass is 386 g/mol. The number of carbonyl (C=O) groups is 2. The maximum absolute atomic E-state index is 13.4. The number of piperidine rings is 1. The fraction of sp³-hybridized carbons (Fsp3) is 0.652. The van der Waals surface area contributed by atoms with Crippen molar-refractivity contribution >= 4 is 11.7 Å². The van der Waals surface area contributed by atoms with Crippen molar-refractivity contribution in [1.29, 1.82) is 0 Å². The van der Waals surface area contributed by atoms with Crippen molar-refractivity contribution in [3.05, 3.63) is 34.9 Å². The molecule has 3 rings (SSSR count). The maximum atomic E-state index is 13.4. The number of fused-ring (bicyclic) bond motifs is 1. The number of nitrogens with one attached hydrogen (secondary N) is 1. The standard InChI is InChI=1S/C23H34N2O3/c1-15(2)25-11-9-23(4,10-12-25)21(26)16(3)18-7-5-17-6-8-19(22(27)24-28)14-20(17)13-18/h5,7,13,15-16,19,28H,6,8-12,14H2,1-4H3,(H,24,27). The largest absolute Gasteiger partial charge is 0.301 e. The van der Waals surface area contributed by atoms with E-state index < -0.39 is 0 Å². The number of likely N-dealkylation sites (tertiary alicyclic amines) is 1. The summed E-state index contributed by atoms with van der Waals surface area (Å²) in [4.78, 5) is 27.6. The van der Waals surface area contributed by atoms with Crippen LogP contribution in [0.15, 0.2) is 18.2 Å². The molecule has 1 aliphatic carbocycles. The van der Waals surface area contributed by atoms with Crippen LogP contribution in [0.25, 0.3) is 0 Å². The van der Waals surface area contributed by atoms with Gasteiger partial charge in [-0.05, 0) is 75.7 Å². The van der Waals surface area contributed by atoms with E-state index >= 15 is 0 Å². The molecule has 154 valence electrons. The highest BCUT2D eigenvalue weighted by Gasteiger charge is 2.39. The minimum atomic E-state index is -0.315. The molecule has 0 spiro atoms. The Bertz CT molecular complexity index is 735. The molecule has 2 atom stereocenters. The van der Waals surface area contributed by atoms with Gasteiger partial charge in [-0.25, -0.2) is 5.48 Å². The van der Waals surface area contributed by atoms with Crippen molar-refractivity contribution in [3.8, 4) is 0 Å². The molecule has 5 heteroatoms. The first-order valence-electron chi connectivity index (χ1n) is 10.6. The van der Waals surface area contributed by atoms with Crippen LogP contribution in [0, 0.1) is 11.3 Å². The Hall–Kier alpha value is -1.72. The lowest BCUT2D eigenvalue weighted by atomic mass is 9.71. The first-order valence-corrected chi connectivity index (χ1v) is 10.6. The van der Waals surface area contributed by atoms with Gasteiger partial charge in [-0.1, -0.05) is 32.0 Å². The molecule has 0 saturated carbocycles. The molecule has 2 aliphatic rings. The molecule has 1 heterocycles. The van der Waals surface area contributed by atoms with E-state index in [9.17, 15) is 9.59 Å². The molecular weight excluding hydrogens is 352 g/mol. The van der Waals surface area contributed by atoms with Crippen molar-refractivity contribution in [2.75, 3.05) is 13.1 Å². The molecule has 1 fully saturated rings. The highest BCUT2D eigenvalue weighted by Crippen LogP contribution is 2.38. The van der Waals surface area contributed by atoms with E-state index in [2.05, 4.69) is 43.9 Å². The van der Waals surface area contributed by atoms with Crippen molar-refractivity contribution in [2.24, 2.45) is 11.3 Å². The molecule has 0 bridgehead atoms. The minimum absolute atomic E-state index is 0.145. The average molecular weight is 387 g/mol. The van der Waals surface area contributed by atoms with Crippen molar-refractivity contribution in [1.82, 2.24) is 10.4 Å². The van der Waals surface area contributed by atoms with Crippen LogP contribution in [0.2, 0.25) is 0 Å². The molecule has 1 aromatic carbocycles. The number of hydrogen-bond acceptors (Lipinski definition) is 4. The number of hydrogen-bond donors (Lipinski definition) is 2. The molecule has 1 amide bonds. The summed E-state index contributed by atoms with van der Waals surface area (Å²) >= 11 is 0. The van der Waals surface area contributed by atoms with Gasteiger partial charge in [0.25, 0.3) is 0 Å². The fourth-order valence-corrected chi connectivity index (χ4v) is 4.82. The fourth-order valence-electron chi connectivity index (χ4n) is 4.82. The second kappa shape index (κ2) is 8.34. The number of nitrogens with zero attached hydrogens (tertiary/aromatic N) is 1. The van der Waals surface area contributed by atoms with Crippen LogP contribution in [0.1, 0.15) is 69.6 Å². The average Bonchev–Trinajstić information content (AvgIpc) is 2.71. The summed E-state index contributed by atoms with van der Waals surface area (Å²) in [6, 6.07) is 6.84. The smallest absolute Gasteiger partial charge is 0.246 e. The Balaban J connectivity index is 1.73. The Morgan fingerprint density at radius 3 is 2.46 bits per heavy atom. The molecule has 2 unspecified atom stereocenters. The zero-order valence-electron chi connectivity index (χ0n) is 17.6. The van der Waals surface area contributed by atoms with Gasteiger partial charge in [0.15, 0.2) is 0 Å². The molecule has 1 aliphatic heterocycles. The molecule has 0 radical (unpaired) electrons. The number of hydroxylamine groups is 1. The van der Waals surface area contributed by atoms with Gasteiger partial charge in [0, 0.05) is 23.3 Å². The third-order valence-corrected chi connectivity index (χ3v) is 7.06. The zero-order valence-corrected chi connectivity index (χ0v) is 17.6. The topological polar surface area (TPSA) is 69.6 Å². The second-order valence-electron chi connectivity index (χ2n) is 9.22. The van der Waals surface area contributed by atoms with Crippen molar-refractivity contribution < 1.29 is 14.8 Å². The van der Waals surface area contributed by atoms with E-state index in [1.165, 1.54) is 5.56 Å². The number of aryl methyl sites for hydroxylation is 1. The third-order valence-electron chi connectivity index (χ3n) is 7.06. The summed E-state index contributed by atoms with van der Waals surface area (Å²) in [6.07, 6.45) is 4.03. The van der Waals surface area contributed by atoms with Crippen LogP contribution in [0.3, 0.4) is 0 Å². The van der Waals surface area contributed by atoms with E-state index in [1.807, 2.05) is 6.92 Å². The molecule has 2 N–H and O–H groups in total. The zero-order chi connectivity index (χ0) is 20.5. The van der Waals surface area contributed by atoms with Gasteiger partial charge < -0.3 is 4.90 Å². The van der Waals surface area contributed by atoms with E-state index in [-0.39, 0.29) is 23.2 Å².